The zero-order chi connectivity index (χ0) is 12.2. The molecule has 88 valence electrons. The molecule has 0 fully saturated rings. The zero-order valence-electron chi connectivity index (χ0n) is 9.67. The van der Waals surface area contributed by atoms with Gasteiger partial charge in [-0.25, -0.2) is 0 Å². The molecular formula is C13H12N4Si. The van der Waals surface area contributed by atoms with Crippen LogP contribution in [0.25, 0.3) is 0 Å². The summed E-state index contributed by atoms with van der Waals surface area (Å²) in [5, 5.41) is 15.5. The number of hydrogen-bond acceptors (Lipinski definition) is 2. The maximum atomic E-state index is 4.04. The van der Waals surface area contributed by atoms with Gasteiger partial charge in [-0.1, -0.05) is 35.5 Å². The first-order chi connectivity index (χ1) is 8.93. The van der Waals surface area contributed by atoms with E-state index in [-0.39, 0.29) is 5.54 Å². The molecule has 5 heteroatoms. The molecule has 4 nitrogen and oxygen atoms in total. The molecule has 2 radical (unpaired) electrons. The van der Waals surface area contributed by atoms with Crippen molar-refractivity contribution in [2.24, 2.45) is 0 Å². The summed E-state index contributed by atoms with van der Waals surface area (Å²) in [6.07, 6.45) is 3.57. The molecule has 1 aromatic carbocycles. The molecule has 0 bridgehead atoms. The van der Waals surface area contributed by atoms with Gasteiger partial charge in [-0.2, -0.15) is 10.2 Å². The van der Waals surface area contributed by atoms with Crippen molar-refractivity contribution < 1.29 is 0 Å². The van der Waals surface area contributed by atoms with Crippen molar-refractivity contribution in [3.05, 3.63) is 66.2 Å². The van der Waals surface area contributed by atoms with Gasteiger partial charge in [-0.15, -0.1) is 0 Å². The Morgan fingerprint density at radius 1 is 0.833 bits per heavy atom. The molecule has 0 aliphatic carbocycles. The molecule has 2 N–H and O–H groups in total. The molecule has 0 saturated heterocycles. The molecule has 0 saturated carbocycles. The fourth-order valence-electron chi connectivity index (χ4n) is 1.88. The molecule has 2 aromatic heterocycles. The number of hydrogen-bond donors (Lipinski definition) is 2. The van der Waals surface area contributed by atoms with Crippen LogP contribution in [-0.2, 0) is 0 Å². The standard InChI is InChI=1S/C13H12N4Si/c1-2-4-10(5-3-1)18-13(11-6-8-14-16-11)12-7-9-15-17-12/h1-9,13H,(H,14,16)(H,15,17). The number of nitrogens with zero attached hydrogens (tertiary/aromatic N) is 2. The summed E-state index contributed by atoms with van der Waals surface area (Å²) in [6, 6.07) is 14.5. The summed E-state index contributed by atoms with van der Waals surface area (Å²) in [5.41, 5.74) is 2.49. The molecule has 3 aromatic rings. The molecule has 0 amide bonds. The van der Waals surface area contributed by atoms with Crippen LogP contribution < -0.4 is 5.19 Å². The highest BCUT2D eigenvalue weighted by molar-refractivity contribution is 6.55. The van der Waals surface area contributed by atoms with E-state index < -0.39 is 0 Å². The summed E-state index contributed by atoms with van der Waals surface area (Å²) in [5.74, 6) is 0. The molecule has 0 spiro atoms. The SMILES string of the molecule is c1ccc([Si]C(c2ccn[nH]2)c2ccn[nH]2)cc1. The van der Waals surface area contributed by atoms with Crippen LogP contribution in [0.4, 0.5) is 0 Å². The predicted octanol–water partition coefficient (Wildman–Crippen LogP) is 1.25. The molecule has 0 atom stereocenters. The number of aromatic nitrogens is 4. The van der Waals surface area contributed by atoms with Crippen LogP contribution in [-0.4, -0.2) is 29.9 Å². The van der Waals surface area contributed by atoms with Crippen molar-refractivity contribution in [3.8, 4) is 0 Å². The second kappa shape index (κ2) is 5.01. The van der Waals surface area contributed by atoms with E-state index in [4.69, 9.17) is 0 Å². The van der Waals surface area contributed by atoms with Gasteiger partial charge in [-0.05, 0) is 12.1 Å². The lowest BCUT2D eigenvalue weighted by molar-refractivity contribution is 0.918. The van der Waals surface area contributed by atoms with E-state index in [0.29, 0.717) is 9.52 Å². The minimum atomic E-state index is 0.261. The van der Waals surface area contributed by atoms with Crippen LogP contribution in [0, 0.1) is 0 Å². The Balaban J connectivity index is 1.92. The molecule has 0 aliphatic rings. The average Bonchev–Trinajstić information content (AvgIpc) is 3.11. The first-order valence-electron chi connectivity index (χ1n) is 5.73. The minimum Gasteiger partial charge on any atom is -0.282 e. The largest absolute Gasteiger partial charge is 0.282 e. The van der Waals surface area contributed by atoms with Gasteiger partial charge < -0.3 is 0 Å². The number of nitrogens with one attached hydrogen (secondary N) is 2. The van der Waals surface area contributed by atoms with E-state index >= 15 is 0 Å². The lowest BCUT2D eigenvalue weighted by atomic mass is 10.2. The zero-order valence-corrected chi connectivity index (χ0v) is 10.7. The summed E-state index contributed by atoms with van der Waals surface area (Å²) >= 11 is 0. The van der Waals surface area contributed by atoms with Crippen LogP contribution in [0.5, 0.6) is 0 Å². The van der Waals surface area contributed by atoms with Crippen LogP contribution in [0.1, 0.15) is 16.9 Å². The first kappa shape index (κ1) is 11.0. The minimum absolute atomic E-state index is 0.261. The van der Waals surface area contributed by atoms with E-state index in [1.807, 2.05) is 18.2 Å². The van der Waals surface area contributed by atoms with Crippen molar-refractivity contribution in [2.75, 3.05) is 0 Å². The quantitative estimate of drug-likeness (QED) is 0.687. The highest BCUT2D eigenvalue weighted by Crippen LogP contribution is 2.19. The Morgan fingerprint density at radius 3 is 1.94 bits per heavy atom. The van der Waals surface area contributed by atoms with Crippen LogP contribution in [0.2, 0.25) is 0 Å². The number of rotatable bonds is 4. The third-order valence-electron chi connectivity index (χ3n) is 2.75. The lowest BCUT2D eigenvalue weighted by Gasteiger charge is -2.12. The molecule has 2 heterocycles. The summed E-state index contributed by atoms with van der Waals surface area (Å²) in [6.45, 7) is 0. The third-order valence-corrected chi connectivity index (χ3v) is 4.33. The van der Waals surface area contributed by atoms with Gasteiger partial charge in [0.15, 0.2) is 0 Å². The summed E-state index contributed by atoms with van der Waals surface area (Å²) in [4.78, 5) is 0. The lowest BCUT2D eigenvalue weighted by Crippen LogP contribution is -2.23. The van der Waals surface area contributed by atoms with E-state index in [1.54, 1.807) is 12.4 Å². The molecule has 0 unspecified atom stereocenters. The monoisotopic (exact) mass is 252 g/mol. The van der Waals surface area contributed by atoms with E-state index in [9.17, 15) is 0 Å². The second-order valence-corrected chi connectivity index (χ2v) is 5.41. The smallest absolute Gasteiger partial charge is 0.0990 e. The fourth-order valence-corrected chi connectivity index (χ4v) is 3.23. The third kappa shape index (κ3) is 2.26. The van der Waals surface area contributed by atoms with E-state index in [1.165, 1.54) is 5.19 Å². The number of H-pyrrole nitrogens is 2. The van der Waals surface area contributed by atoms with Gasteiger partial charge in [0, 0.05) is 29.3 Å². The first-order valence-corrected chi connectivity index (χ1v) is 6.81. The average molecular weight is 252 g/mol. The van der Waals surface area contributed by atoms with Gasteiger partial charge in [0.2, 0.25) is 0 Å². The van der Waals surface area contributed by atoms with Gasteiger partial charge >= 0.3 is 0 Å². The molecule has 0 aliphatic heterocycles. The predicted molar refractivity (Wildman–Crippen MR) is 70.8 cm³/mol. The van der Waals surface area contributed by atoms with Crippen molar-refractivity contribution in [1.29, 1.82) is 0 Å². The maximum absolute atomic E-state index is 4.04. The molecule has 18 heavy (non-hydrogen) atoms. The van der Waals surface area contributed by atoms with Gasteiger partial charge in [0.05, 0.1) is 9.52 Å². The van der Waals surface area contributed by atoms with Gasteiger partial charge in [0.1, 0.15) is 0 Å². The topological polar surface area (TPSA) is 57.4 Å². The highest BCUT2D eigenvalue weighted by Gasteiger charge is 2.18. The second-order valence-electron chi connectivity index (χ2n) is 3.97. The van der Waals surface area contributed by atoms with Gasteiger partial charge in [0.25, 0.3) is 0 Å². The van der Waals surface area contributed by atoms with Crippen molar-refractivity contribution in [3.63, 3.8) is 0 Å². The summed E-state index contributed by atoms with van der Waals surface area (Å²) in [7, 11) is 0.642. The fraction of sp³-hybridized carbons (Fsp3) is 0.0769. The summed E-state index contributed by atoms with van der Waals surface area (Å²) < 4.78 is 0. The molecule has 3 rings (SSSR count). The number of benzene rings is 1. The van der Waals surface area contributed by atoms with Crippen LogP contribution in [0.3, 0.4) is 0 Å². The van der Waals surface area contributed by atoms with Crippen LogP contribution in [0.15, 0.2) is 54.9 Å². The van der Waals surface area contributed by atoms with Crippen LogP contribution >= 0.6 is 0 Å². The number of aromatic amines is 2. The highest BCUT2D eigenvalue weighted by atomic mass is 28.2. The van der Waals surface area contributed by atoms with Crippen molar-refractivity contribution in [1.82, 2.24) is 20.4 Å². The molecular weight excluding hydrogens is 240 g/mol. The Labute approximate surface area is 107 Å². The Morgan fingerprint density at radius 2 is 1.44 bits per heavy atom. The Bertz CT molecular complexity index is 541. The van der Waals surface area contributed by atoms with E-state index in [2.05, 4.69) is 44.7 Å². The Hall–Kier alpha value is -2.14. The normalized spacial score (nSPS) is 10.9. The van der Waals surface area contributed by atoms with Crippen molar-refractivity contribution in [2.45, 2.75) is 5.54 Å². The van der Waals surface area contributed by atoms with E-state index in [0.717, 1.165) is 11.4 Å². The Kier molecular flexibility index (Phi) is 3.06. The van der Waals surface area contributed by atoms with Gasteiger partial charge in [-0.3, -0.25) is 10.2 Å². The maximum Gasteiger partial charge on any atom is 0.0990 e. The van der Waals surface area contributed by atoms with Crippen molar-refractivity contribution >= 4 is 14.7 Å².